The first-order valence-electron chi connectivity index (χ1n) is 10.4. The first-order chi connectivity index (χ1) is 14.9. The lowest BCUT2D eigenvalue weighted by Crippen LogP contribution is -2.33. The fourth-order valence-corrected chi connectivity index (χ4v) is 4.46. The molecule has 0 aliphatic carbocycles. The molecule has 31 heavy (non-hydrogen) atoms. The molecule has 1 aromatic heterocycles. The third kappa shape index (κ3) is 4.75. The van der Waals surface area contributed by atoms with Crippen molar-refractivity contribution in [2.24, 2.45) is 0 Å². The first-order valence-corrected chi connectivity index (χ1v) is 11.2. The van der Waals surface area contributed by atoms with Gasteiger partial charge in [0.1, 0.15) is 13.2 Å². The Bertz CT molecular complexity index is 1020. The number of fused-ring (bicyclic) bond motifs is 2. The van der Waals surface area contributed by atoms with Gasteiger partial charge in [0.15, 0.2) is 16.6 Å². The summed E-state index contributed by atoms with van der Waals surface area (Å²) in [6.07, 6.45) is 0.854. The van der Waals surface area contributed by atoms with E-state index in [1.54, 1.807) is 4.90 Å². The second-order valence-electron chi connectivity index (χ2n) is 8.01. The van der Waals surface area contributed by atoms with Crippen molar-refractivity contribution in [3.8, 4) is 11.5 Å². The van der Waals surface area contributed by atoms with Crippen LogP contribution in [0.5, 0.6) is 11.5 Å². The summed E-state index contributed by atoms with van der Waals surface area (Å²) >= 11 is 1.50. The molecule has 0 spiro atoms. The van der Waals surface area contributed by atoms with Crippen LogP contribution in [0, 0.1) is 0 Å². The number of ether oxygens (including phenoxy) is 2. The molecule has 0 fully saturated rings. The molecule has 7 nitrogen and oxygen atoms in total. The van der Waals surface area contributed by atoms with Crippen molar-refractivity contribution in [3.05, 3.63) is 42.0 Å². The van der Waals surface area contributed by atoms with Crippen molar-refractivity contribution in [1.82, 2.24) is 9.88 Å². The summed E-state index contributed by atoms with van der Waals surface area (Å²) in [6.45, 7) is 2.57. The Morgan fingerprint density at radius 2 is 1.68 bits per heavy atom. The Morgan fingerprint density at radius 1 is 1.00 bits per heavy atom. The fraction of sp³-hybridized carbons (Fsp3) is 0.391. The quantitative estimate of drug-likeness (QED) is 0.558. The Labute approximate surface area is 186 Å². The molecule has 0 atom stereocenters. The van der Waals surface area contributed by atoms with Gasteiger partial charge in [-0.05, 0) is 51.3 Å². The average molecular weight is 441 g/mol. The number of hydrogen-bond acceptors (Lipinski definition) is 7. The lowest BCUT2D eigenvalue weighted by molar-refractivity contribution is 0.0986. The van der Waals surface area contributed by atoms with Crippen molar-refractivity contribution in [1.29, 1.82) is 0 Å². The SMILES string of the molecule is CN(C)CCCN(C(=O)c1ccc(N(C)C)cc1)c1nc2cc3c(cc2s1)OCCO3. The van der Waals surface area contributed by atoms with Crippen LogP contribution in [0.15, 0.2) is 36.4 Å². The van der Waals surface area contributed by atoms with Gasteiger partial charge in [-0.25, -0.2) is 4.98 Å². The number of nitrogens with zero attached hydrogens (tertiary/aromatic N) is 4. The molecular formula is C23H28N4O3S. The zero-order valence-corrected chi connectivity index (χ0v) is 19.2. The van der Waals surface area contributed by atoms with E-state index in [4.69, 9.17) is 14.5 Å². The van der Waals surface area contributed by atoms with Gasteiger partial charge < -0.3 is 19.3 Å². The Kier molecular flexibility index (Phi) is 6.29. The number of rotatable bonds is 7. The predicted molar refractivity (Wildman–Crippen MR) is 126 cm³/mol. The van der Waals surface area contributed by atoms with Crippen molar-refractivity contribution in [2.45, 2.75) is 6.42 Å². The zero-order chi connectivity index (χ0) is 22.0. The van der Waals surface area contributed by atoms with Gasteiger partial charge in [-0.1, -0.05) is 11.3 Å². The molecule has 8 heteroatoms. The van der Waals surface area contributed by atoms with E-state index in [1.807, 2.05) is 69.5 Å². The van der Waals surface area contributed by atoms with E-state index in [0.29, 0.717) is 36.2 Å². The number of hydrogen-bond donors (Lipinski definition) is 0. The Balaban J connectivity index is 1.65. The average Bonchev–Trinajstić information content (AvgIpc) is 3.16. The molecule has 1 aliphatic heterocycles. The molecule has 4 rings (SSSR count). The maximum Gasteiger partial charge on any atom is 0.260 e. The second kappa shape index (κ2) is 9.11. The number of aromatic nitrogens is 1. The number of thiazole rings is 1. The summed E-state index contributed by atoms with van der Waals surface area (Å²) in [5.41, 5.74) is 2.53. The molecule has 2 heterocycles. The molecule has 0 bridgehead atoms. The van der Waals surface area contributed by atoms with Crippen LogP contribution in [-0.2, 0) is 0 Å². The van der Waals surface area contributed by atoms with Gasteiger partial charge in [0.2, 0.25) is 0 Å². The normalized spacial score (nSPS) is 12.9. The number of carbonyl (C=O) groups excluding carboxylic acids is 1. The lowest BCUT2D eigenvalue weighted by Gasteiger charge is -2.21. The van der Waals surface area contributed by atoms with Crippen LogP contribution in [0.4, 0.5) is 10.8 Å². The topological polar surface area (TPSA) is 58.1 Å². The minimum Gasteiger partial charge on any atom is -0.486 e. The summed E-state index contributed by atoms with van der Waals surface area (Å²) in [5.74, 6) is 1.40. The molecule has 3 aromatic rings. The highest BCUT2D eigenvalue weighted by atomic mass is 32.1. The predicted octanol–water partition coefficient (Wildman–Crippen LogP) is 3.73. The summed E-state index contributed by atoms with van der Waals surface area (Å²) in [7, 11) is 8.04. The van der Waals surface area contributed by atoms with Gasteiger partial charge in [-0.3, -0.25) is 9.69 Å². The van der Waals surface area contributed by atoms with E-state index in [2.05, 4.69) is 4.90 Å². The van der Waals surface area contributed by atoms with E-state index >= 15 is 0 Å². The molecule has 0 radical (unpaired) electrons. The van der Waals surface area contributed by atoms with Gasteiger partial charge in [0.05, 0.1) is 10.2 Å². The van der Waals surface area contributed by atoms with Crippen LogP contribution in [0.1, 0.15) is 16.8 Å². The molecule has 164 valence electrons. The van der Waals surface area contributed by atoms with Crippen LogP contribution in [-0.4, -0.2) is 70.3 Å². The van der Waals surface area contributed by atoms with Crippen LogP contribution >= 0.6 is 11.3 Å². The van der Waals surface area contributed by atoms with Gasteiger partial charge in [-0.2, -0.15) is 0 Å². The van der Waals surface area contributed by atoms with E-state index in [1.165, 1.54) is 11.3 Å². The van der Waals surface area contributed by atoms with Gasteiger partial charge in [0, 0.05) is 44.0 Å². The van der Waals surface area contributed by atoms with Crippen molar-refractivity contribution >= 4 is 38.3 Å². The third-order valence-corrected chi connectivity index (χ3v) is 6.18. The first kappa shape index (κ1) is 21.4. The van der Waals surface area contributed by atoms with Crippen molar-refractivity contribution in [3.63, 3.8) is 0 Å². The van der Waals surface area contributed by atoms with E-state index < -0.39 is 0 Å². The second-order valence-corrected chi connectivity index (χ2v) is 9.02. The van der Waals surface area contributed by atoms with E-state index in [0.717, 1.165) is 34.6 Å². The molecular weight excluding hydrogens is 412 g/mol. The van der Waals surface area contributed by atoms with Crippen LogP contribution < -0.4 is 19.3 Å². The lowest BCUT2D eigenvalue weighted by atomic mass is 10.1. The molecule has 1 amide bonds. The van der Waals surface area contributed by atoms with Crippen molar-refractivity contribution in [2.75, 3.05) is 64.3 Å². The number of carbonyl (C=O) groups is 1. The highest BCUT2D eigenvalue weighted by Gasteiger charge is 2.23. The third-order valence-electron chi connectivity index (χ3n) is 5.13. The molecule has 1 aliphatic rings. The minimum atomic E-state index is -0.0413. The monoisotopic (exact) mass is 440 g/mol. The fourth-order valence-electron chi connectivity index (χ4n) is 3.46. The Hall–Kier alpha value is -2.84. The molecule has 0 unspecified atom stereocenters. The van der Waals surface area contributed by atoms with Gasteiger partial charge in [0.25, 0.3) is 5.91 Å². The number of amides is 1. The zero-order valence-electron chi connectivity index (χ0n) is 18.4. The number of anilines is 2. The van der Waals surface area contributed by atoms with Crippen molar-refractivity contribution < 1.29 is 14.3 Å². The molecule has 0 saturated carbocycles. The summed E-state index contributed by atoms with van der Waals surface area (Å²) in [6, 6.07) is 11.5. The van der Waals surface area contributed by atoms with E-state index in [9.17, 15) is 4.79 Å². The molecule has 2 aromatic carbocycles. The number of benzene rings is 2. The van der Waals surface area contributed by atoms with Crippen LogP contribution in [0.3, 0.4) is 0 Å². The van der Waals surface area contributed by atoms with Crippen LogP contribution in [0.2, 0.25) is 0 Å². The van der Waals surface area contributed by atoms with Gasteiger partial charge in [-0.15, -0.1) is 0 Å². The smallest absolute Gasteiger partial charge is 0.260 e. The highest BCUT2D eigenvalue weighted by Crippen LogP contribution is 2.39. The summed E-state index contributed by atoms with van der Waals surface area (Å²) < 4.78 is 12.4. The summed E-state index contributed by atoms with van der Waals surface area (Å²) in [4.78, 5) is 24.2. The maximum atomic E-state index is 13.5. The standard InChI is InChI=1S/C23H28N4O3S/c1-25(2)10-5-11-27(22(28)16-6-8-17(9-7-16)26(3)4)23-24-18-14-19-20(15-21(18)31-23)30-13-12-29-19/h6-9,14-15H,5,10-13H2,1-4H3. The highest BCUT2D eigenvalue weighted by molar-refractivity contribution is 7.22. The molecule has 0 saturated heterocycles. The van der Waals surface area contributed by atoms with E-state index in [-0.39, 0.29) is 5.91 Å². The van der Waals surface area contributed by atoms with Crippen LogP contribution in [0.25, 0.3) is 10.2 Å². The maximum absolute atomic E-state index is 13.5. The summed E-state index contributed by atoms with van der Waals surface area (Å²) in [5, 5.41) is 0.692. The minimum absolute atomic E-state index is 0.0413. The Morgan fingerprint density at radius 3 is 2.32 bits per heavy atom. The largest absolute Gasteiger partial charge is 0.486 e. The molecule has 0 N–H and O–H groups in total. The van der Waals surface area contributed by atoms with Gasteiger partial charge >= 0.3 is 0 Å².